The first-order valence-electron chi connectivity index (χ1n) is 7.84. The van der Waals surface area contributed by atoms with Gasteiger partial charge < -0.3 is 26.7 Å². The van der Waals surface area contributed by atoms with E-state index in [4.69, 9.17) is 9.47 Å². The Labute approximate surface area is 183 Å². The van der Waals surface area contributed by atoms with Crippen LogP contribution < -0.4 is 9.47 Å². The standard InChI is InChI=1S/C12H12N2O2.C6H6.BF4.ClH.Ru/c1-15-9-3-5-13-11(7-9)12-8-10(16-2)4-6-14-12;1-2-4-6-5-3-1;2-1(3,4)5;;/h3-8H,1-2H3;1-6H;;1H;/q;;-1;;+2/p-1. The first-order chi connectivity index (χ1) is 13.8. The summed E-state index contributed by atoms with van der Waals surface area (Å²) in [5.41, 5.74) is 1.52. The van der Waals surface area contributed by atoms with Gasteiger partial charge in [0, 0.05) is 24.5 Å². The molecule has 2 heterocycles. The van der Waals surface area contributed by atoms with Crippen molar-refractivity contribution in [3.63, 3.8) is 0 Å². The third kappa shape index (κ3) is 15.1. The van der Waals surface area contributed by atoms with E-state index in [0.717, 1.165) is 22.9 Å². The molecule has 2 aromatic heterocycles. The van der Waals surface area contributed by atoms with Crippen LogP contribution in [-0.2, 0) is 17.3 Å². The van der Waals surface area contributed by atoms with E-state index in [-0.39, 0.29) is 0 Å². The molecule has 0 spiro atoms. The quantitative estimate of drug-likeness (QED) is 0.406. The Morgan fingerprint density at radius 1 is 0.724 bits per heavy atom. The zero-order chi connectivity index (χ0) is 22.1. The summed E-state index contributed by atoms with van der Waals surface area (Å²) in [4.78, 5) is 8.47. The summed E-state index contributed by atoms with van der Waals surface area (Å²) >= 11 is 1.82. The molecule has 4 nitrogen and oxygen atoms in total. The van der Waals surface area contributed by atoms with Crippen LogP contribution in [0.3, 0.4) is 0 Å². The maximum absolute atomic E-state index is 9.75. The van der Waals surface area contributed by atoms with E-state index in [1.165, 1.54) is 0 Å². The molecule has 11 heteroatoms. The zero-order valence-corrected chi connectivity index (χ0v) is 18.0. The van der Waals surface area contributed by atoms with Crippen molar-refractivity contribution >= 4 is 16.9 Å². The number of pyridine rings is 2. The molecular weight excluding hydrogens is 500 g/mol. The van der Waals surface area contributed by atoms with Crippen molar-refractivity contribution in [3.05, 3.63) is 75.2 Å². The van der Waals surface area contributed by atoms with Gasteiger partial charge in [0.2, 0.25) is 0 Å². The second-order valence-electron chi connectivity index (χ2n) is 4.81. The van der Waals surface area contributed by atoms with Crippen molar-refractivity contribution in [2.45, 2.75) is 0 Å². The van der Waals surface area contributed by atoms with Crippen molar-refractivity contribution in [2.24, 2.45) is 0 Å². The number of rotatable bonds is 3. The number of aromatic nitrogens is 2. The SMILES string of the molecule is COc1ccnc(-c2cc(OC)ccn2)c1.F[B-](F)(F)F.[CH]1[CH][CH][CH][CH][CH]1.[Cl][Ru+]. The minimum atomic E-state index is -6.00. The Morgan fingerprint density at radius 3 is 1.24 bits per heavy atom. The molecule has 0 saturated heterocycles. The fourth-order valence-electron chi connectivity index (χ4n) is 1.74. The van der Waals surface area contributed by atoms with E-state index in [9.17, 15) is 17.3 Å². The molecule has 1 saturated carbocycles. The molecule has 0 N–H and O–H groups in total. The molecule has 0 aliphatic heterocycles. The fourth-order valence-corrected chi connectivity index (χ4v) is 1.74. The summed E-state index contributed by atoms with van der Waals surface area (Å²) in [5, 5.41) is 0. The van der Waals surface area contributed by atoms with Crippen molar-refractivity contribution in [1.82, 2.24) is 9.97 Å². The van der Waals surface area contributed by atoms with Gasteiger partial charge in [-0.25, -0.2) is 0 Å². The Kier molecular flexibility index (Phi) is 15.6. The van der Waals surface area contributed by atoms with Gasteiger partial charge in [0.15, 0.2) is 0 Å². The van der Waals surface area contributed by atoms with Crippen molar-refractivity contribution in [2.75, 3.05) is 14.2 Å². The van der Waals surface area contributed by atoms with Gasteiger partial charge in [0.1, 0.15) is 11.5 Å². The van der Waals surface area contributed by atoms with E-state index in [1.807, 2.05) is 68.0 Å². The molecule has 1 fully saturated rings. The minimum absolute atomic E-state index is 0.759. The van der Waals surface area contributed by atoms with E-state index in [2.05, 4.69) is 19.7 Å². The van der Waals surface area contributed by atoms with Gasteiger partial charge in [0.05, 0.1) is 25.6 Å². The Balaban J connectivity index is 0.000000496. The maximum atomic E-state index is 9.75. The molecule has 0 bridgehead atoms. The number of ether oxygens (including phenoxy) is 2. The van der Waals surface area contributed by atoms with E-state index in [0.29, 0.717) is 0 Å². The van der Waals surface area contributed by atoms with Crippen LogP contribution in [0.4, 0.5) is 17.3 Å². The molecule has 1 aliphatic carbocycles. The number of nitrogens with zero attached hydrogens (tertiary/aromatic N) is 2. The summed E-state index contributed by atoms with van der Waals surface area (Å²) in [6.07, 6.45) is 15.4. The van der Waals surface area contributed by atoms with Crippen LogP contribution in [0, 0.1) is 38.5 Å². The van der Waals surface area contributed by atoms with Crippen molar-refractivity contribution in [1.29, 1.82) is 0 Å². The third-order valence-electron chi connectivity index (χ3n) is 2.86. The van der Waals surface area contributed by atoms with Crippen molar-refractivity contribution in [3.8, 4) is 22.9 Å². The third-order valence-corrected chi connectivity index (χ3v) is 2.86. The summed E-state index contributed by atoms with van der Waals surface area (Å²) in [5.74, 6) is 1.52. The van der Waals surface area contributed by atoms with Gasteiger partial charge in [-0.3, -0.25) is 9.97 Å². The molecule has 0 amide bonds. The molecule has 0 aromatic carbocycles. The molecular formula is C18H18BClF4N2O2Ru. The van der Waals surface area contributed by atoms with Gasteiger partial charge in [-0.15, -0.1) is 0 Å². The van der Waals surface area contributed by atoms with Crippen LogP contribution in [0.25, 0.3) is 11.4 Å². The number of hydrogen-bond donors (Lipinski definition) is 0. The molecule has 3 rings (SSSR count). The zero-order valence-electron chi connectivity index (χ0n) is 15.5. The van der Waals surface area contributed by atoms with E-state index < -0.39 is 7.25 Å². The molecule has 0 atom stereocenters. The predicted octanol–water partition coefficient (Wildman–Crippen LogP) is 5.37. The van der Waals surface area contributed by atoms with Crippen LogP contribution in [0.1, 0.15) is 0 Å². The average Bonchev–Trinajstić information content (AvgIpc) is 2.76. The van der Waals surface area contributed by atoms with Crippen LogP contribution in [-0.4, -0.2) is 31.4 Å². The number of hydrogen-bond acceptors (Lipinski definition) is 4. The van der Waals surface area contributed by atoms with Gasteiger partial charge >= 0.3 is 34.3 Å². The molecule has 158 valence electrons. The summed E-state index contributed by atoms with van der Waals surface area (Å²) < 4.78 is 49.3. The van der Waals surface area contributed by atoms with Crippen molar-refractivity contribution < 1.29 is 44.0 Å². The van der Waals surface area contributed by atoms with Gasteiger partial charge in [-0.2, -0.15) is 0 Å². The van der Waals surface area contributed by atoms with Gasteiger partial charge in [-0.05, 0) is 50.7 Å². The Hall–Kier alpha value is -1.40. The monoisotopic (exact) mass is 518 g/mol. The normalized spacial score (nSPS) is 12.7. The first kappa shape index (κ1) is 27.6. The summed E-state index contributed by atoms with van der Waals surface area (Å²) in [7, 11) is 1.82. The predicted molar refractivity (Wildman–Crippen MR) is 102 cm³/mol. The second kappa shape index (κ2) is 16.4. The molecule has 1 aliphatic rings. The van der Waals surface area contributed by atoms with E-state index in [1.54, 1.807) is 38.7 Å². The Morgan fingerprint density at radius 2 is 1.00 bits per heavy atom. The topological polar surface area (TPSA) is 44.2 Å². The molecule has 0 unspecified atom stereocenters. The molecule has 6 radical (unpaired) electrons. The molecule has 2 aromatic rings. The van der Waals surface area contributed by atoms with Crippen LogP contribution in [0.5, 0.6) is 11.5 Å². The van der Waals surface area contributed by atoms with Gasteiger partial charge in [-0.1, -0.05) is 0 Å². The number of halogens is 5. The fraction of sp³-hybridized carbons (Fsp3) is 0.111. The number of methoxy groups -OCH3 is 2. The Bertz CT molecular complexity index is 617. The summed E-state index contributed by atoms with van der Waals surface area (Å²) in [6, 6.07) is 7.26. The van der Waals surface area contributed by atoms with Gasteiger partial charge in [0.25, 0.3) is 0 Å². The van der Waals surface area contributed by atoms with Crippen LogP contribution >= 0.6 is 9.69 Å². The van der Waals surface area contributed by atoms with Crippen LogP contribution in [0.15, 0.2) is 36.7 Å². The summed E-state index contributed by atoms with van der Waals surface area (Å²) in [6.45, 7) is 0. The molecule has 29 heavy (non-hydrogen) atoms. The average molecular weight is 518 g/mol. The first-order valence-corrected chi connectivity index (χ1v) is 10.1. The van der Waals surface area contributed by atoms with Crippen LogP contribution in [0.2, 0.25) is 0 Å². The second-order valence-corrected chi connectivity index (χ2v) is 4.81. The van der Waals surface area contributed by atoms with E-state index >= 15 is 0 Å².